The van der Waals surface area contributed by atoms with Crippen LogP contribution in [0.5, 0.6) is 0 Å². The highest BCUT2D eigenvalue weighted by Gasteiger charge is 2.33. The van der Waals surface area contributed by atoms with E-state index in [1.165, 1.54) is 18.0 Å². The van der Waals surface area contributed by atoms with E-state index in [1.807, 2.05) is 0 Å². The van der Waals surface area contributed by atoms with E-state index in [-0.39, 0.29) is 24.3 Å². The van der Waals surface area contributed by atoms with Gasteiger partial charge in [0.2, 0.25) is 11.8 Å². The molecule has 0 aromatic heterocycles. The fourth-order valence-electron chi connectivity index (χ4n) is 1.98. The second kappa shape index (κ2) is 6.79. The van der Waals surface area contributed by atoms with Crippen LogP contribution in [0.3, 0.4) is 0 Å². The van der Waals surface area contributed by atoms with Crippen LogP contribution < -0.4 is 5.32 Å². The van der Waals surface area contributed by atoms with Crippen molar-refractivity contribution in [2.75, 3.05) is 7.05 Å². The first-order valence-corrected chi connectivity index (χ1v) is 6.32. The molecule has 20 heavy (non-hydrogen) atoms. The molecule has 108 valence electrons. The maximum absolute atomic E-state index is 12.4. The van der Waals surface area contributed by atoms with Crippen LogP contribution in [0.4, 0.5) is 0 Å². The molecule has 6 heteroatoms. The summed E-state index contributed by atoms with van der Waals surface area (Å²) >= 11 is 0. The number of piperidine rings is 1. The first-order chi connectivity index (χ1) is 9.42. The van der Waals surface area contributed by atoms with E-state index >= 15 is 0 Å². The number of aldehydes is 1. The summed E-state index contributed by atoms with van der Waals surface area (Å²) in [6.07, 6.45) is 4.28. The molecule has 1 saturated heterocycles. The molecule has 1 aliphatic rings. The molecule has 1 atom stereocenters. The van der Waals surface area contributed by atoms with Gasteiger partial charge in [-0.15, -0.1) is 0 Å². The van der Waals surface area contributed by atoms with Crippen molar-refractivity contribution in [2.24, 2.45) is 0 Å². The number of allylic oxidation sites excluding steroid dienone is 2. The Kier molecular flexibility index (Phi) is 5.37. The minimum absolute atomic E-state index is 0.198. The van der Waals surface area contributed by atoms with Gasteiger partial charge in [-0.3, -0.25) is 24.5 Å². The standard InChI is InChI=1S/C14H18N2O4/c1-4-5-10(9(2)8-17)14(20)16(3)11-6-7-12(18)15-13(11)19/h4-5,8,11H,6-7H2,1-3H3,(H,15,18,19)/b5-4-,10-9-. The topological polar surface area (TPSA) is 83.6 Å². The van der Waals surface area contributed by atoms with Crippen molar-refractivity contribution >= 4 is 24.0 Å². The van der Waals surface area contributed by atoms with Crippen LogP contribution in [0, 0.1) is 0 Å². The van der Waals surface area contributed by atoms with Crippen molar-refractivity contribution in [1.82, 2.24) is 10.2 Å². The van der Waals surface area contributed by atoms with E-state index < -0.39 is 17.9 Å². The van der Waals surface area contributed by atoms with Crippen LogP contribution in [-0.2, 0) is 19.2 Å². The molecule has 0 spiro atoms. The van der Waals surface area contributed by atoms with E-state index in [2.05, 4.69) is 5.32 Å². The lowest BCUT2D eigenvalue weighted by atomic mass is 10.0. The summed E-state index contributed by atoms with van der Waals surface area (Å²) < 4.78 is 0. The minimum Gasteiger partial charge on any atom is -0.330 e. The Bertz CT molecular complexity index is 505. The van der Waals surface area contributed by atoms with Crippen molar-refractivity contribution in [3.05, 3.63) is 23.3 Å². The van der Waals surface area contributed by atoms with E-state index in [1.54, 1.807) is 19.9 Å². The van der Waals surface area contributed by atoms with E-state index in [9.17, 15) is 19.2 Å². The molecule has 1 aliphatic heterocycles. The molecular weight excluding hydrogens is 260 g/mol. The number of rotatable bonds is 4. The molecule has 0 saturated carbocycles. The van der Waals surface area contributed by atoms with Crippen LogP contribution in [0.15, 0.2) is 23.3 Å². The fourth-order valence-corrected chi connectivity index (χ4v) is 1.98. The summed E-state index contributed by atoms with van der Waals surface area (Å²) in [5, 5.41) is 2.20. The summed E-state index contributed by atoms with van der Waals surface area (Å²) in [6, 6.07) is -0.695. The summed E-state index contributed by atoms with van der Waals surface area (Å²) in [5.41, 5.74) is 0.543. The normalized spacial score (nSPS) is 20.4. The second-order valence-corrected chi connectivity index (χ2v) is 4.60. The molecule has 6 nitrogen and oxygen atoms in total. The molecule has 0 bridgehead atoms. The Hall–Kier alpha value is -2.24. The maximum Gasteiger partial charge on any atom is 0.254 e. The van der Waals surface area contributed by atoms with Crippen molar-refractivity contribution in [3.8, 4) is 0 Å². The lowest BCUT2D eigenvalue weighted by Gasteiger charge is -2.30. The van der Waals surface area contributed by atoms with Crippen LogP contribution >= 0.6 is 0 Å². The Morgan fingerprint density at radius 3 is 2.55 bits per heavy atom. The zero-order valence-corrected chi connectivity index (χ0v) is 11.8. The second-order valence-electron chi connectivity index (χ2n) is 4.60. The van der Waals surface area contributed by atoms with Gasteiger partial charge < -0.3 is 4.90 Å². The van der Waals surface area contributed by atoms with Crippen molar-refractivity contribution < 1.29 is 19.2 Å². The van der Waals surface area contributed by atoms with Crippen LogP contribution in [0.25, 0.3) is 0 Å². The molecule has 0 radical (unpaired) electrons. The van der Waals surface area contributed by atoms with Crippen molar-refractivity contribution in [1.29, 1.82) is 0 Å². The molecule has 1 fully saturated rings. The Morgan fingerprint density at radius 1 is 1.40 bits per heavy atom. The predicted molar refractivity (Wildman–Crippen MR) is 72.5 cm³/mol. The van der Waals surface area contributed by atoms with Crippen LogP contribution in [0.1, 0.15) is 26.7 Å². The smallest absolute Gasteiger partial charge is 0.254 e. The maximum atomic E-state index is 12.4. The van der Waals surface area contributed by atoms with Gasteiger partial charge in [0.15, 0.2) is 0 Å². The van der Waals surface area contributed by atoms with E-state index in [0.29, 0.717) is 11.9 Å². The number of hydrogen-bond acceptors (Lipinski definition) is 4. The lowest BCUT2D eigenvalue weighted by molar-refractivity contribution is -0.142. The molecule has 1 unspecified atom stereocenters. The molecule has 0 aliphatic carbocycles. The quantitative estimate of drug-likeness (QED) is 0.348. The number of nitrogens with one attached hydrogen (secondary N) is 1. The third-order valence-electron chi connectivity index (χ3n) is 3.16. The SMILES string of the molecule is C/C=C\C(C(=O)N(C)C1CCC(=O)NC1=O)=C(/C)C=O. The summed E-state index contributed by atoms with van der Waals surface area (Å²) in [7, 11) is 1.49. The average molecular weight is 278 g/mol. The molecule has 1 heterocycles. The summed E-state index contributed by atoms with van der Waals surface area (Å²) in [6.45, 7) is 3.27. The molecular formula is C14H18N2O4. The van der Waals surface area contributed by atoms with Crippen molar-refractivity contribution in [3.63, 3.8) is 0 Å². The van der Waals surface area contributed by atoms with Gasteiger partial charge >= 0.3 is 0 Å². The highest BCUT2D eigenvalue weighted by molar-refractivity contribution is 6.05. The Labute approximate surface area is 117 Å². The number of hydrogen-bond donors (Lipinski definition) is 1. The van der Waals surface area contributed by atoms with Gasteiger partial charge in [0.1, 0.15) is 12.3 Å². The van der Waals surface area contributed by atoms with Gasteiger partial charge in [0, 0.05) is 24.6 Å². The summed E-state index contributed by atoms with van der Waals surface area (Å²) in [4.78, 5) is 47.3. The number of imide groups is 1. The van der Waals surface area contributed by atoms with Gasteiger partial charge in [-0.2, -0.15) is 0 Å². The number of likely N-dealkylation sites (N-methyl/N-ethyl adjacent to an activating group) is 1. The zero-order valence-electron chi connectivity index (χ0n) is 11.8. The monoisotopic (exact) mass is 278 g/mol. The third-order valence-corrected chi connectivity index (χ3v) is 3.16. The molecule has 0 aromatic rings. The Morgan fingerprint density at radius 2 is 2.05 bits per heavy atom. The first kappa shape index (κ1) is 15.8. The zero-order chi connectivity index (χ0) is 15.3. The highest BCUT2D eigenvalue weighted by atomic mass is 16.2. The van der Waals surface area contributed by atoms with Gasteiger partial charge in [-0.05, 0) is 20.3 Å². The summed E-state index contributed by atoms with van der Waals surface area (Å²) in [5.74, 6) is -1.23. The van der Waals surface area contributed by atoms with Gasteiger partial charge in [0.05, 0.1) is 0 Å². The van der Waals surface area contributed by atoms with Gasteiger partial charge in [-0.25, -0.2) is 0 Å². The van der Waals surface area contributed by atoms with Crippen molar-refractivity contribution in [2.45, 2.75) is 32.7 Å². The molecule has 0 aromatic carbocycles. The molecule has 1 N–H and O–H groups in total. The van der Waals surface area contributed by atoms with E-state index in [4.69, 9.17) is 0 Å². The largest absolute Gasteiger partial charge is 0.330 e. The average Bonchev–Trinajstić information content (AvgIpc) is 2.42. The number of amides is 3. The highest BCUT2D eigenvalue weighted by Crippen LogP contribution is 2.15. The minimum atomic E-state index is -0.695. The van der Waals surface area contributed by atoms with Gasteiger partial charge in [-0.1, -0.05) is 12.2 Å². The molecule has 1 rings (SSSR count). The first-order valence-electron chi connectivity index (χ1n) is 6.32. The Balaban J connectivity index is 2.98. The number of nitrogens with zero attached hydrogens (tertiary/aromatic N) is 1. The lowest BCUT2D eigenvalue weighted by Crippen LogP contribution is -2.53. The van der Waals surface area contributed by atoms with Gasteiger partial charge in [0.25, 0.3) is 5.91 Å². The third kappa shape index (κ3) is 3.40. The van der Waals surface area contributed by atoms with E-state index in [0.717, 1.165) is 0 Å². The van der Waals surface area contributed by atoms with Crippen LogP contribution in [0.2, 0.25) is 0 Å². The fraction of sp³-hybridized carbons (Fsp3) is 0.429. The predicted octanol–water partition coefficient (Wildman–Crippen LogP) is 0.341. The number of carbonyl (C=O) groups excluding carboxylic acids is 4. The molecule has 3 amide bonds. The number of carbonyl (C=O) groups is 4. The van der Waals surface area contributed by atoms with Crippen LogP contribution in [-0.4, -0.2) is 42.0 Å².